The summed E-state index contributed by atoms with van der Waals surface area (Å²) < 4.78 is 10.8. The third-order valence-corrected chi connectivity index (χ3v) is 4.93. The smallest absolute Gasteiger partial charge is 0.273 e. The fraction of sp³-hybridized carbons (Fsp3) is 0.368. The van der Waals surface area contributed by atoms with E-state index >= 15 is 0 Å². The standard InChI is InChI=1S/C19H22N4O3/c1-12-15(11-23-5-8-25-9-6-23)13(2)20-16(12)10-14-18(21-22-19(14)24)17-4-3-7-26-17/h3-4,7,10,20H,5-6,8-9,11H2,1-2H3,(H,22,24). The van der Waals surface area contributed by atoms with E-state index in [1.54, 1.807) is 18.4 Å². The molecule has 7 heteroatoms. The summed E-state index contributed by atoms with van der Waals surface area (Å²) in [4.78, 5) is 18.0. The third-order valence-electron chi connectivity index (χ3n) is 4.93. The summed E-state index contributed by atoms with van der Waals surface area (Å²) in [7, 11) is 0. The van der Waals surface area contributed by atoms with Gasteiger partial charge in [0.1, 0.15) is 5.71 Å². The lowest BCUT2D eigenvalue weighted by atomic mass is 10.0. The van der Waals surface area contributed by atoms with Crippen LogP contribution < -0.4 is 5.43 Å². The number of nitrogens with zero attached hydrogens (tertiary/aromatic N) is 2. The minimum Gasteiger partial charge on any atom is -0.463 e. The maximum Gasteiger partial charge on any atom is 0.273 e. The van der Waals surface area contributed by atoms with Gasteiger partial charge in [-0.3, -0.25) is 9.69 Å². The lowest BCUT2D eigenvalue weighted by Crippen LogP contribution is -2.35. The predicted octanol–water partition coefficient (Wildman–Crippen LogP) is 1.97. The van der Waals surface area contributed by atoms with Crippen molar-refractivity contribution in [3.63, 3.8) is 0 Å². The van der Waals surface area contributed by atoms with Crippen molar-refractivity contribution < 1.29 is 13.9 Å². The first-order chi connectivity index (χ1) is 12.6. The SMILES string of the molecule is Cc1[nH]c(C=C2C(=O)NN=C2c2ccco2)c(C)c1CN1CCOCC1. The van der Waals surface area contributed by atoms with Crippen LogP contribution in [-0.2, 0) is 16.1 Å². The zero-order chi connectivity index (χ0) is 18.1. The molecule has 0 atom stereocenters. The Morgan fingerprint density at radius 2 is 2.12 bits per heavy atom. The Kier molecular flexibility index (Phi) is 4.48. The Hall–Kier alpha value is -2.64. The van der Waals surface area contributed by atoms with E-state index in [2.05, 4.69) is 34.3 Å². The first kappa shape index (κ1) is 16.8. The molecule has 1 amide bonds. The van der Waals surface area contributed by atoms with E-state index < -0.39 is 0 Å². The molecule has 1 fully saturated rings. The number of hydrogen-bond acceptors (Lipinski definition) is 5. The molecule has 0 spiro atoms. The highest BCUT2D eigenvalue weighted by Crippen LogP contribution is 2.24. The summed E-state index contributed by atoms with van der Waals surface area (Å²) in [5.74, 6) is 0.349. The van der Waals surface area contributed by atoms with E-state index in [0.717, 1.165) is 49.8 Å². The predicted molar refractivity (Wildman–Crippen MR) is 97.7 cm³/mol. The molecule has 2 aromatic rings. The van der Waals surface area contributed by atoms with Gasteiger partial charge in [0.05, 0.1) is 25.1 Å². The van der Waals surface area contributed by atoms with Gasteiger partial charge in [-0.05, 0) is 43.2 Å². The van der Waals surface area contributed by atoms with Crippen LogP contribution in [0, 0.1) is 13.8 Å². The minimum absolute atomic E-state index is 0.224. The zero-order valence-electron chi connectivity index (χ0n) is 15.0. The van der Waals surface area contributed by atoms with Crippen LogP contribution in [0.15, 0.2) is 33.5 Å². The second kappa shape index (κ2) is 6.93. The van der Waals surface area contributed by atoms with Crippen LogP contribution in [-0.4, -0.2) is 47.8 Å². The molecule has 2 aliphatic heterocycles. The molecule has 0 aliphatic carbocycles. The molecule has 136 valence electrons. The van der Waals surface area contributed by atoms with Gasteiger partial charge in [0.25, 0.3) is 5.91 Å². The fourth-order valence-corrected chi connectivity index (χ4v) is 3.39. The first-order valence-electron chi connectivity index (χ1n) is 8.75. The van der Waals surface area contributed by atoms with Gasteiger partial charge in [0.15, 0.2) is 5.76 Å². The van der Waals surface area contributed by atoms with Gasteiger partial charge in [0.2, 0.25) is 0 Å². The lowest BCUT2D eigenvalue weighted by molar-refractivity contribution is -0.116. The molecule has 0 radical (unpaired) electrons. The summed E-state index contributed by atoms with van der Waals surface area (Å²) in [6, 6.07) is 3.58. The summed E-state index contributed by atoms with van der Waals surface area (Å²) in [6.45, 7) is 8.48. The second-order valence-electron chi connectivity index (χ2n) is 6.59. The van der Waals surface area contributed by atoms with E-state index in [9.17, 15) is 4.79 Å². The number of furan rings is 1. The van der Waals surface area contributed by atoms with Crippen molar-refractivity contribution in [1.29, 1.82) is 0 Å². The van der Waals surface area contributed by atoms with Gasteiger partial charge in [-0.15, -0.1) is 0 Å². The summed E-state index contributed by atoms with van der Waals surface area (Å²) in [5, 5.41) is 4.11. The average Bonchev–Trinajstić information content (AvgIpc) is 3.34. The van der Waals surface area contributed by atoms with Crippen molar-refractivity contribution in [2.45, 2.75) is 20.4 Å². The van der Waals surface area contributed by atoms with Crippen LogP contribution in [0.3, 0.4) is 0 Å². The van der Waals surface area contributed by atoms with Crippen LogP contribution in [0.25, 0.3) is 6.08 Å². The summed E-state index contributed by atoms with van der Waals surface area (Å²) in [6.07, 6.45) is 3.43. The third kappa shape index (κ3) is 3.11. The van der Waals surface area contributed by atoms with Gasteiger partial charge < -0.3 is 14.1 Å². The number of hydrazone groups is 1. The van der Waals surface area contributed by atoms with E-state index in [-0.39, 0.29) is 5.91 Å². The molecule has 0 unspecified atom stereocenters. The van der Waals surface area contributed by atoms with Crippen LogP contribution in [0.2, 0.25) is 0 Å². The number of aromatic amines is 1. The quantitative estimate of drug-likeness (QED) is 0.823. The molecule has 4 rings (SSSR count). The van der Waals surface area contributed by atoms with E-state index in [1.165, 1.54) is 5.56 Å². The molecule has 0 bridgehead atoms. The van der Waals surface area contributed by atoms with Crippen molar-refractivity contribution in [3.05, 3.63) is 52.2 Å². The highest BCUT2D eigenvalue weighted by molar-refractivity contribution is 6.32. The highest BCUT2D eigenvalue weighted by Gasteiger charge is 2.26. The number of ether oxygens (including phenoxy) is 1. The van der Waals surface area contributed by atoms with E-state index in [0.29, 0.717) is 17.0 Å². The Balaban J connectivity index is 1.63. The Labute approximate surface area is 151 Å². The van der Waals surface area contributed by atoms with Crippen molar-refractivity contribution >= 4 is 17.7 Å². The number of nitrogens with one attached hydrogen (secondary N) is 2. The number of carbonyl (C=O) groups excluding carboxylic acids is 1. The van der Waals surface area contributed by atoms with Crippen molar-refractivity contribution in [2.75, 3.05) is 26.3 Å². The molecule has 0 aromatic carbocycles. The van der Waals surface area contributed by atoms with Crippen molar-refractivity contribution in [2.24, 2.45) is 5.10 Å². The Morgan fingerprint density at radius 1 is 1.31 bits per heavy atom. The molecule has 2 N–H and O–H groups in total. The highest BCUT2D eigenvalue weighted by atomic mass is 16.5. The fourth-order valence-electron chi connectivity index (χ4n) is 3.39. The molecule has 4 heterocycles. The monoisotopic (exact) mass is 354 g/mol. The molecule has 2 aromatic heterocycles. The zero-order valence-corrected chi connectivity index (χ0v) is 15.0. The van der Waals surface area contributed by atoms with Gasteiger partial charge in [-0.25, -0.2) is 5.43 Å². The van der Waals surface area contributed by atoms with E-state index in [4.69, 9.17) is 9.15 Å². The number of aromatic nitrogens is 1. The molecular formula is C19H22N4O3. The van der Waals surface area contributed by atoms with Crippen LogP contribution in [0.4, 0.5) is 0 Å². The van der Waals surface area contributed by atoms with Gasteiger partial charge in [0, 0.05) is 31.0 Å². The number of morpholine rings is 1. The molecule has 0 saturated carbocycles. The minimum atomic E-state index is -0.224. The number of carbonyl (C=O) groups is 1. The molecule has 26 heavy (non-hydrogen) atoms. The first-order valence-corrected chi connectivity index (χ1v) is 8.75. The normalized spacial score (nSPS) is 19.8. The van der Waals surface area contributed by atoms with Gasteiger partial charge in [-0.2, -0.15) is 5.10 Å². The number of H-pyrrole nitrogens is 1. The summed E-state index contributed by atoms with van der Waals surface area (Å²) >= 11 is 0. The molecule has 1 saturated heterocycles. The maximum absolute atomic E-state index is 12.2. The average molecular weight is 354 g/mol. The largest absolute Gasteiger partial charge is 0.463 e. The second-order valence-corrected chi connectivity index (χ2v) is 6.59. The van der Waals surface area contributed by atoms with Crippen LogP contribution in [0.5, 0.6) is 0 Å². The molecule has 2 aliphatic rings. The maximum atomic E-state index is 12.2. The number of rotatable bonds is 4. The summed E-state index contributed by atoms with van der Waals surface area (Å²) in [5.41, 5.74) is 8.02. The molecule has 7 nitrogen and oxygen atoms in total. The Morgan fingerprint density at radius 3 is 2.85 bits per heavy atom. The van der Waals surface area contributed by atoms with Crippen molar-refractivity contribution in [3.8, 4) is 0 Å². The van der Waals surface area contributed by atoms with Crippen molar-refractivity contribution in [1.82, 2.24) is 15.3 Å². The lowest BCUT2D eigenvalue weighted by Gasteiger charge is -2.26. The number of hydrogen-bond donors (Lipinski definition) is 2. The number of aryl methyl sites for hydroxylation is 1. The molecular weight excluding hydrogens is 332 g/mol. The van der Waals surface area contributed by atoms with Gasteiger partial charge in [-0.1, -0.05) is 0 Å². The Bertz CT molecular complexity index is 871. The number of amides is 1. The van der Waals surface area contributed by atoms with E-state index in [1.807, 2.05) is 6.08 Å². The van der Waals surface area contributed by atoms with Crippen LogP contribution in [0.1, 0.15) is 28.3 Å². The van der Waals surface area contributed by atoms with Gasteiger partial charge >= 0.3 is 0 Å². The topological polar surface area (TPSA) is 82.9 Å². The van der Waals surface area contributed by atoms with Crippen LogP contribution >= 0.6 is 0 Å².